The zero-order valence-electron chi connectivity index (χ0n) is 7.45. The molecule has 0 bridgehead atoms. The van der Waals surface area contributed by atoms with Crippen molar-refractivity contribution in [3.63, 3.8) is 0 Å². The molecule has 6 heteroatoms. The molecule has 0 saturated carbocycles. The van der Waals surface area contributed by atoms with Crippen LogP contribution in [-0.2, 0) is 10.8 Å². The van der Waals surface area contributed by atoms with Gasteiger partial charge in [0.2, 0.25) is 0 Å². The number of fused-ring (bicyclic) bond motifs is 1. The molecule has 1 aliphatic rings. The number of nitrogens with zero attached hydrogens (tertiary/aromatic N) is 1. The normalized spacial score (nSPS) is 22.0. The molecule has 3 nitrogen and oxygen atoms in total. The summed E-state index contributed by atoms with van der Waals surface area (Å²) in [4.78, 5) is 14.7. The van der Waals surface area contributed by atoms with E-state index in [1.165, 1.54) is 11.3 Å². The predicted molar refractivity (Wildman–Crippen MR) is 60.3 cm³/mol. The van der Waals surface area contributed by atoms with Gasteiger partial charge in [0.25, 0.3) is 5.91 Å². The van der Waals surface area contributed by atoms with Crippen LogP contribution in [0, 0.1) is 0 Å². The van der Waals surface area contributed by atoms with Crippen LogP contribution in [0.3, 0.4) is 0 Å². The van der Waals surface area contributed by atoms with Gasteiger partial charge in [0, 0.05) is 19.3 Å². The van der Waals surface area contributed by atoms with Gasteiger partial charge in [-0.15, -0.1) is 11.3 Å². The average Bonchev–Trinajstić information content (AvgIpc) is 2.50. The molecule has 0 radical (unpaired) electrons. The average molecular weight is 294 g/mol. The largest absolute Gasteiger partial charge is 0.340 e. The maximum Gasteiger partial charge on any atom is 0.264 e. The lowest BCUT2D eigenvalue weighted by Crippen LogP contribution is -2.27. The van der Waals surface area contributed by atoms with E-state index in [2.05, 4.69) is 15.9 Å². The van der Waals surface area contributed by atoms with Crippen molar-refractivity contribution in [1.29, 1.82) is 0 Å². The monoisotopic (exact) mass is 293 g/mol. The Labute approximate surface area is 96.7 Å². The Balaban J connectivity index is 2.56. The molecule has 0 aliphatic carbocycles. The zero-order chi connectivity index (χ0) is 10.3. The summed E-state index contributed by atoms with van der Waals surface area (Å²) in [6, 6.07) is 1.78. The lowest BCUT2D eigenvalue weighted by Gasteiger charge is -2.11. The second-order valence-corrected chi connectivity index (χ2v) is 6.99. The number of halogens is 1. The summed E-state index contributed by atoms with van der Waals surface area (Å²) in [7, 11) is 0.703. The van der Waals surface area contributed by atoms with Crippen molar-refractivity contribution >= 4 is 44.0 Å². The lowest BCUT2D eigenvalue weighted by molar-refractivity contribution is 0.0807. The minimum atomic E-state index is -1.04. The summed E-state index contributed by atoms with van der Waals surface area (Å²) in [5.74, 6) is 0.500. The van der Waals surface area contributed by atoms with E-state index in [0.29, 0.717) is 22.1 Å². The number of rotatable bonds is 0. The molecule has 1 amide bonds. The topological polar surface area (TPSA) is 37.4 Å². The van der Waals surface area contributed by atoms with Crippen molar-refractivity contribution in [2.45, 2.75) is 4.90 Å². The highest BCUT2D eigenvalue weighted by Crippen LogP contribution is 2.31. The SMILES string of the molecule is CN1CCS(=O)c2cc(Br)sc2C1=O. The minimum Gasteiger partial charge on any atom is -0.340 e. The van der Waals surface area contributed by atoms with Crippen LogP contribution in [0.5, 0.6) is 0 Å². The van der Waals surface area contributed by atoms with Gasteiger partial charge in [-0.2, -0.15) is 0 Å². The Kier molecular flexibility index (Phi) is 2.77. The molecule has 0 N–H and O–H groups in total. The first-order valence-electron chi connectivity index (χ1n) is 4.03. The molecule has 2 rings (SSSR count). The van der Waals surface area contributed by atoms with Crippen LogP contribution >= 0.6 is 27.3 Å². The van der Waals surface area contributed by atoms with Gasteiger partial charge in [0.15, 0.2) is 0 Å². The molecule has 0 saturated heterocycles. The van der Waals surface area contributed by atoms with Gasteiger partial charge in [-0.05, 0) is 22.0 Å². The van der Waals surface area contributed by atoms with Gasteiger partial charge < -0.3 is 4.90 Å². The first-order valence-corrected chi connectivity index (χ1v) is 6.95. The highest BCUT2D eigenvalue weighted by atomic mass is 79.9. The molecule has 0 fully saturated rings. The van der Waals surface area contributed by atoms with E-state index in [4.69, 9.17) is 0 Å². The molecule has 0 aromatic carbocycles. The smallest absolute Gasteiger partial charge is 0.264 e. The minimum absolute atomic E-state index is 0.0263. The van der Waals surface area contributed by atoms with Gasteiger partial charge in [-0.25, -0.2) is 0 Å². The predicted octanol–water partition coefficient (Wildman–Crippen LogP) is 1.70. The molecule has 0 spiro atoms. The third-order valence-corrected chi connectivity index (χ3v) is 5.19. The van der Waals surface area contributed by atoms with Crippen LogP contribution in [0.15, 0.2) is 14.7 Å². The maximum absolute atomic E-state index is 11.8. The van der Waals surface area contributed by atoms with Crippen molar-refractivity contribution in [3.8, 4) is 0 Å². The standard InChI is InChI=1S/C8H8BrNO2S2/c1-10-2-3-14(12)5-4-6(9)13-7(5)8(10)11/h4H,2-3H2,1H3. The number of hydrogen-bond donors (Lipinski definition) is 0. The Morgan fingerprint density at radius 1 is 1.64 bits per heavy atom. The van der Waals surface area contributed by atoms with E-state index in [1.54, 1.807) is 18.0 Å². The van der Waals surface area contributed by atoms with E-state index >= 15 is 0 Å². The van der Waals surface area contributed by atoms with Crippen LogP contribution in [0.4, 0.5) is 0 Å². The highest BCUT2D eigenvalue weighted by Gasteiger charge is 2.26. The molecular formula is C8H8BrNO2S2. The summed E-state index contributed by atoms with van der Waals surface area (Å²) in [5.41, 5.74) is 0. The van der Waals surface area contributed by atoms with E-state index < -0.39 is 10.8 Å². The van der Waals surface area contributed by atoms with Gasteiger partial charge in [-0.3, -0.25) is 9.00 Å². The van der Waals surface area contributed by atoms with Crippen LogP contribution < -0.4 is 0 Å². The molecule has 1 aromatic rings. The second-order valence-electron chi connectivity index (χ2n) is 3.02. The van der Waals surface area contributed by atoms with Gasteiger partial charge in [-0.1, -0.05) is 0 Å². The summed E-state index contributed by atoms with van der Waals surface area (Å²) >= 11 is 4.66. The molecule has 76 valence electrons. The number of amides is 1. The van der Waals surface area contributed by atoms with E-state index in [-0.39, 0.29) is 5.91 Å². The van der Waals surface area contributed by atoms with Gasteiger partial charge in [0.1, 0.15) is 4.88 Å². The molecule has 1 aliphatic heterocycles. The zero-order valence-corrected chi connectivity index (χ0v) is 10.7. The Morgan fingerprint density at radius 3 is 3.07 bits per heavy atom. The maximum atomic E-state index is 11.8. The van der Waals surface area contributed by atoms with Crippen LogP contribution in [0.1, 0.15) is 9.67 Å². The summed E-state index contributed by atoms with van der Waals surface area (Å²) < 4.78 is 12.6. The molecule has 1 atom stereocenters. The Bertz CT molecular complexity index is 415. The molecule has 14 heavy (non-hydrogen) atoms. The summed E-state index contributed by atoms with van der Waals surface area (Å²) in [6.45, 7) is 0.560. The van der Waals surface area contributed by atoms with Crippen molar-refractivity contribution in [1.82, 2.24) is 4.90 Å². The van der Waals surface area contributed by atoms with Gasteiger partial charge >= 0.3 is 0 Å². The highest BCUT2D eigenvalue weighted by molar-refractivity contribution is 9.11. The van der Waals surface area contributed by atoms with E-state index in [1.807, 2.05) is 0 Å². The summed E-state index contributed by atoms with van der Waals surface area (Å²) in [5, 5.41) is 0. The fourth-order valence-corrected chi connectivity index (χ4v) is 4.59. The van der Waals surface area contributed by atoms with Crippen molar-refractivity contribution in [3.05, 3.63) is 14.7 Å². The summed E-state index contributed by atoms with van der Waals surface area (Å²) in [6.07, 6.45) is 0. The molecule has 2 heterocycles. The number of thiophene rings is 1. The first kappa shape index (κ1) is 10.3. The number of carbonyl (C=O) groups is 1. The fraction of sp³-hybridized carbons (Fsp3) is 0.375. The van der Waals surface area contributed by atoms with Crippen molar-refractivity contribution in [2.24, 2.45) is 0 Å². The van der Waals surface area contributed by atoms with Crippen LogP contribution in [0.2, 0.25) is 0 Å². The Morgan fingerprint density at radius 2 is 2.36 bits per heavy atom. The lowest BCUT2D eigenvalue weighted by atomic mass is 10.4. The molecular weight excluding hydrogens is 286 g/mol. The Hall–Kier alpha value is -0.200. The van der Waals surface area contributed by atoms with Crippen LogP contribution in [0.25, 0.3) is 0 Å². The van der Waals surface area contributed by atoms with Crippen LogP contribution in [-0.4, -0.2) is 34.4 Å². The van der Waals surface area contributed by atoms with Crippen molar-refractivity contribution in [2.75, 3.05) is 19.3 Å². The third-order valence-electron chi connectivity index (χ3n) is 2.07. The molecule has 1 aromatic heterocycles. The third kappa shape index (κ3) is 1.66. The van der Waals surface area contributed by atoms with E-state index in [9.17, 15) is 9.00 Å². The first-order chi connectivity index (χ1) is 6.59. The van der Waals surface area contributed by atoms with E-state index in [0.717, 1.165) is 3.79 Å². The second kappa shape index (κ2) is 3.75. The number of hydrogen-bond acceptors (Lipinski definition) is 3. The number of carbonyl (C=O) groups excluding carboxylic acids is 1. The fourth-order valence-electron chi connectivity index (χ4n) is 1.27. The quantitative estimate of drug-likeness (QED) is 0.730. The van der Waals surface area contributed by atoms with Crippen molar-refractivity contribution < 1.29 is 9.00 Å². The van der Waals surface area contributed by atoms with Gasteiger partial charge in [0.05, 0.1) is 19.5 Å². The molecule has 1 unspecified atom stereocenters.